The molecule has 6 nitrogen and oxygen atoms in total. The number of methoxy groups -OCH3 is 1. The van der Waals surface area contributed by atoms with Crippen LogP contribution in [0.25, 0.3) is 0 Å². The van der Waals surface area contributed by atoms with Gasteiger partial charge in [-0.05, 0) is 49.8 Å². The number of carbonyl (C=O) groups is 2. The van der Waals surface area contributed by atoms with Crippen molar-refractivity contribution in [3.63, 3.8) is 0 Å². The van der Waals surface area contributed by atoms with Crippen molar-refractivity contribution in [3.05, 3.63) is 69.3 Å². The van der Waals surface area contributed by atoms with E-state index in [9.17, 15) is 14.4 Å². The first-order chi connectivity index (χ1) is 13.5. The molecule has 2 aromatic rings. The average molecular weight is 383 g/mol. The number of ether oxygens (including phenoxy) is 1. The van der Waals surface area contributed by atoms with E-state index in [-0.39, 0.29) is 5.56 Å². The Morgan fingerprint density at radius 3 is 2.64 bits per heavy atom. The average Bonchev–Trinajstić information content (AvgIpc) is 3.17. The van der Waals surface area contributed by atoms with Crippen LogP contribution >= 0.6 is 0 Å². The Balaban J connectivity index is 1.72. The number of carbonyl (C=O) groups excluding carboxylic acids is 2. The first kappa shape index (κ1) is 19.9. The molecule has 1 aliphatic heterocycles. The summed E-state index contributed by atoms with van der Waals surface area (Å²) in [6.45, 7) is 2.16. The van der Waals surface area contributed by atoms with Gasteiger partial charge in [0.15, 0.2) is 0 Å². The first-order valence-electron chi connectivity index (χ1n) is 9.57. The van der Waals surface area contributed by atoms with E-state index in [0.717, 1.165) is 12.8 Å². The van der Waals surface area contributed by atoms with Crippen LogP contribution in [-0.4, -0.2) is 36.5 Å². The van der Waals surface area contributed by atoms with Crippen molar-refractivity contribution in [2.24, 2.45) is 0 Å². The lowest BCUT2D eigenvalue weighted by Gasteiger charge is -2.22. The van der Waals surface area contributed by atoms with Crippen molar-refractivity contribution >= 4 is 11.9 Å². The number of amides is 1. The summed E-state index contributed by atoms with van der Waals surface area (Å²) in [7, 11) is 1.30. The minimum atomic E-state index is -0.643. The van der Waals surface area contributed by atoms with Gasteiger partial charge >= 0.3 is 11.6 Å². The molecule has 0 unspecified atom stereocenters. The number of esters is 1. The maximum atomic E-state index is 12.9. The summed E-state index contributed by atoms with van der Waals surface area (Å²) in [6.07, 6.45) is 3.59. The smallest absolute Gasteiger partial charge is 0.349 e. The fraction of sp³-hybridized carbons (Fsp3) is 0.409. The molecular formula is C22H25NO5. The van der Waals surface area contributed by atoms with Crippen LogP contribution in [-0.2, 0) is 22.4 Å². The Morgan fingerprint density at radius 2 is 1.96 bits per heavy atom. The van der Waals surface area contributed by atoms with Gasteiger partial charge in [0, 0.05) is 13.0 Å². The molecule has 0 aliphatic carbocycles. The van der Waals surface area contributed by atoms with Gasteiger partial charge in [-0.25, -0.2) is 9.59 Å². The van der Waals surface area contributed by atoms with Gasteiger partial charge in [-0.3, -0.25) is 4.79 Å². The minimum absolute atomic E-state index is 0.00242. The van der Waals surface area contributed by atoms with Gasteiger partial charge < -0.3 is 14.1 Å². The van der Waals surface area contributed by atoms with E-state index < -0.39 is 23.5 Å². The number of nitrogens with zero attached hydrogens (tertiary/aromatic N) is 1. The van der Waals surface area contributed by atoms with E-state index in [0.29, 0.717) is 37.1 Å². The number of rotatable bonds is 6. The Bertz CT molecular complexity index is 903. The Morgan fingerprint density at radius 1 is 1.21 bits per heavy atom. The molecule has 0 N–H and O–H groups in total. The molecule has 1 aromatic heterocycles. The molecular weight excluding hydrogens is 358 g/mol. The molecule has 0 saturated carbocycles. The van der Waals surface area contributed by atoms with Gasteiger partial charge in [0.2, 0.25) is 0 Å². The van der Waals surface area contributed by atoms with Crippen LogP contribution in [0.5, 0.6) is 0 Å². The van der Waals surface area contributed by atoms with Crippen LogP contribution in [0.15, 0.2) is 45.6 Å². The van der Waals surface area contributed by atoms with Crippen molar-refractivity contribution in [1.82, 2.24) is 4.90 Å². The van der Waals surface area contributed by atoms with Crippen molar-refractivity contribution in [1.29, 1.82) is 0 Å². The molecule has 1 amide bonds. The minimum Gasteiger partial charge on any atom is -0.467 e. The molecule has 1 aliphatic rings. The first-order valence-corrected chi connectivity index (χ1v) is 9.57. The van der Waals surface area contributed by atoms with E-state index >= 15 is 0 Å². The summed E-state index contributed by atoms with van der Waals surface area (Å²) in [4.78, 5) is 38.7. The monoisotopic (exact) mass is 383 g/mol. The molecule has 0 spiro atoms. The molecule has 148 valence electrons. The van der Waals surface area contributed by atoms with Gasteiger partial charge in [0.05, 0.1) is 7.11 Å². The number of hydrogen-bond acceptors (Lipinski definition) is 5. The Kier molecular flexibility index (Phi) is 6.29. The molecule has 3 rings (SSSR count). The zero-order valence-corrected chi connectivity index (χ0v) is 16.3. The highest BCUT2D eigenvalue weighted by molar-refractivity contribution is 5.97. The summed E-state index contributed by atoms with van der Waals surface area (Å²) < 4.78 is 10.2. The topological polar surface area (TPSA) is 76.8 Å². The molecule has 0 bridgehead atoms. The summed E-state index contributed by atoms with van der Waals surface area (Å²) >= 11 is 0. The molecule has 0 radical (unpaired) electrons. The maximum Gasteiger partial charge on any atom is 0.349 e. The molecule has 1 fully saturated rings. The molecule has 1 atom stereocenters. The van der Waals surface area contributed by atoms with E-state index in [1.807, 2.05) is 18.2 Å². The normalized spacial score (nSPS) is 16.2. The summed E-state index contributed by atoms with van der Waals surface area (Å²) in [5.41, 5.74) is 1.17. The Labute approximate surface area is 164 Å². The van der Waals surface area contributed by atoms with Crippen LogP contribution in [0, 0.1) is 6.92 Å². The van der Waals surface area contributed by atoms with Crippen LogP contribution in [0.1, 0.15) is 46.5 Å². The molecule has 6 heteroatoms. The highest BCUT2D eigenvalue weighted by Gasteiger charge is 2.37. The van der Waals surface area contributed by atoms with E-state index in [4.69, 9.17) is 9.15 Å². The summed E-state index contributed by atoms with van der Waals surface area (Å²) in [6, 6.07) is 11.2. The summed E-state index contributed by atoms with van der Waals surface area (Å²) in [5.74, 6) is -0.346. The summed E-state index contributed by atoms with van der Waals surface area (Å²) in [5, 5.41) is 0. The van der Waals surface area contributed by atoms with Gasteiger partial charge in [-0.15, -0.1) is 0 Å². The molecule has 28 heavy (non-hydrogen) atoms. The third kappa shape index (κ3) is 4.32. The van der Waals surface area contributed by atoms with Crippen LogP contribution in [0.2, 0.25) is 0 Å². The number of likely N-dealkylation sites (tertiary alicyclic amines) is 1. The maximum absolute atomic E-state index is 12.9. The SMILES string of the molecule is COC(=O)[C@@H]1CCCN1C(=O)c1c(C)cc(CCCc2ccccc2)oc1=O. The predicted molar refractivity (Wildman–Crippen MR) is 104 cm³/mol. The third-order valence-corrected chi connectivity index (χ3v) is 5.13. The second-order valence-electron chi connectivity index (χ2n) is 7.08. The van der Waals surface area contributed by atoms with E-state index in [1.165, 1.54) is 17.6 Å². The van der Waals surface area contributed by atoms with Crippen molar-refractivity contribution in [2.45, 2.75) is 45.1 Å². The van der Waals surface area contributed by atoms with Crippen LogP contribution < -0.4 is 5.63 Å². The van der Waals surface area contributed by atoms with Crippen molar-refractivity contribution < 1.29 is 18.7 Å². The third-order valence-electron chi connectivity index (χ3n) is 5.13. The quantitative estimate of drug-likeness (QED) is 0.717. The zero-order valence-electron chi connectivity index (χ0n) is 16.3. The van der Waals surface area contributed by atoms with Gasteiger partial charge in [-0.2, -0.15) is 0 Å². The van der Waals surface area contributed by atoms with Gasteiger partial charge in [0.25, 0.3) is 5.91 Å². The molecule has 2 heterocycles. The zero-order chi connectivity index (χ0) is 20.1. The lowest BCUT2D eigenvalue weighted by atomic mass is 10.1. The molecule has 1 saturated heterocycles. The number of aryl methyl sites for hydroxylation is 3. The second kappa shape index (κ2) is 8.87. The predicted octanol–water partition coefficient (Wildman–Crippen LogP) is 2.90. The number of benzene rings is 1. The second-order valence-corrected chi connectivity index (χ2v) is 7.08. The van der Waals surface area contributed by atoms with Crippen molar-refractivity contribution in [2.75, 3.05) is 13.7 Å². The van der Waals surface area contributed by atoms with Crippen molar-refractivity contribution in [3.8, 4) is 0 Å². The van der Waals surface area contributed by atoms with E-state index in [1.54, 1.807) is 13.0 Å². The fourth-order valence-corrected chi connectivity index (χ4v) is 3.70. The lowest BCUT2D eigenvalue weighted by molar-refractivity contribution is -0.145. The Hall–Kier alpha value is -2.89. The van der Waals surface area contributed by atoms with Crippen LogP contribution in [0.4, 0.5) is 0 Å². The highest BCUT2D eigenvalue weighted by Crippen LogP contribution is 2.22. The van der Waals surface area contributed by atoms with Gasteiger partial charge in [0.1, 0.15) is 17.4 Å². The highest BCUT2D eigenvalue weighted by atomic mass is 16.5. The molecule has 1 aromatic carbocycles. The largest absolute Gasteiger partial charge is 0.467 e. The standard InChI is InChI=1S/C22H25NO5/c1-15-14-17(11-6-10-16-8-4-3-5-9-16)28-22(26)19(15)20(24)23-13-7-12-18(23)21(25)27-2/h3-5,8-9,14,18H,6-7,10-13H2,1-2H3/t18-/m0/s1. The van der Waals surface area contributed by atoms with E-state index in [2.05, 4.69) is 12.1 Å². The fourth-order valence-electron chi connectivity index (χ4n) is 3.70. The number of hydrogen-bond donors (Lipinski definition) is 0. The van der Waals surface area contributed by atoms with Gasteiger partial charge in [-0.1, -0.05) is 30.3 Å². The van der Waals surface area contributed by atoms with Crippen LogP contribution in [0.3, 0.4) is 0 Å². The lowest BCUT2D eigenvalue weighted by Crippen LogP contribution is -2.43.